The van der Waals surface area contributed by atoms with Crippen LogP contribution < -0.4 is 5.32 Å². The second-order valence-corrected chi connectivity index (χ2v) is 3.73. The van der Waals surface area contributed by atoms with E-state index in [-0.39, 0.29) is 5.70 Å². The summed E-state index contributed by atoms with van der Waals surface area (Å²) < 4.78 is 0. The molecule has 0 aliphatic heterocycles. The molecule has 4 heteroatoms. The number of carbonyl (C=O) groups is 2. The Morgan fingerprint density at radius 1 is 1.33 bits per heavy atom. The van der Waals surface area contributed by atoms with Crippen LogP contribution in [0.2, 0.25) is 0 Å². The van der Waals surface area contributed by atoms with E-state index >= 15 is 0 Å². The highest BCUT2D eigenvalue weighted by Gasteiger charge is 2.12. The average molecular weight is 245 g/mol. The molecule has 0 aliphatic rings. The minimum atomic E-state index is -1.17. The molecule has 0 saturated heterocycles. The van der Waals surface area contributed by atoms with Crippen LogP contribution >= 0.6 is 0 Å². The summed E-state index contributed by atoms with van der Waals surface area (Å²) in [6.07, 6.45) is 4.58. The Hall–Kier alpha value is -2.36. The number of carboxylic acids is 1. The molecule has 0 fully saturated rings. The minimum absolute atomic E-state index is 0.153. The summed E-state index contributed by atoms with van der Waals surface area (Å²) in [6.45, 7) is 3.63. The predicted molar refractivity (Wildman–Crippen MR) is 69.2 cm³/mol. The van der Waals surface area contributed by atoms with Gasteiger partial charge in [-0.15, -0.1) is 0 Å². The second kappa shape index (κ2) is 6.39. The lowest BCUT2D eigenvalue weighted by atomic mass is 10.1. The van der Waals surface area contributed by atoms with Crippen molar-refractivity contribution in [2.24, 2.45) is 0 Å². The summed E-state index contributed by atoms with van der Waals surface area (Å²) >= 11 is 0. The van der Waals surface area contributed by atoms with Crippen molar-refractivity contribution < 1.29 is 14.7 Å². The molecule has 0 spiro atoms. The molecule has 0 aromatic heterocycles. The molecule has 0 unspecified atom stereocenters. The number of allylic oxidation sites excluding steroid dienone is 3. The molecule has 0 atom stereocenters. The van der Waals surface area contributed by atoms with Gasteiger partial charge in [0.15, 0.2) is 0 Å². The van der Waals surface area contributed by atoms with Gasteiger partial charge in [0.2, 0.25) is 0 Å². The van der Waals surface area contributed by atoms with Gasteiger partial charge >= 0.3 is 5.97 Å². The Balaban J connectivity index is 2.89. The SMILES string of the molecule is C/C=C/C=C(\NC(=O)c1cccc(C)c1)C(=O)O. The van der Waals surface area contributed by atoms with Crippen LogP contribution in [0.4, 0.5) is 0 Å². The number of benzene rings is 1. The van der Waals surface area contributed by atoms with Crippen molar-refractivity contribution in [1.82, 2.24) is 5.32 Å². The fourth-order valence-electron chi connectivity index (χ4n) is 1.34. The molecule has 0 radical (unpaired) electrons. The maximum atomic E-state index is 11.8. The highest BCUT2D eigenvalue weighted by Crippen LogP contribution is 2.04. The van der Waals surface area contributed by atoms with Gasteiger partial charge < -0.3 is 10.4 Å². The molecule has 0 bridgehead atoms. The molecular formula is C14H15NO3. The maximum absolute atomic E-state index is 11.8. The zero-order chi connectivity index (χ0) is 13.5. The first-order valence-electron chi connectivity index (χ1n) is 5.49. The second-order valence-electron chi connectivity index (χ2n) is 3.73. The van der Waals surface area contributed by atoms with Crippen molar-refractivity contribution in [1.29, 1.82) is 0 Å². The molecule has 2 N–H and O–H groups in total. The van der Waals surface area contributed by atoms with E-state index in [0.717, 1.165) is 5.56 Å². The lowest BCUT2D eigenvalue weighted by Crippen LogP contribution is -2.27. The molecule has 1 aromatic carbocycles. The summed E-state index contributed by atoms with van der Waals surface area (Å²) in [5.74, 6) is -1.61. The van der Waals surface area contributed by atoms with E-state index in [4.69, 9.17) is 5.11 Å². The van der Waals surface area contributed by atoms with Crippen molar-refractivity contribution in [2.75, 3.05) is 0 Å². The predicted octanol–water partition coefficient (Wildman–Crippen LogP) is 2.27. The molecular weight excluding hydrogens is 230 g/mol. The Kier molecular flexibility index (Phi) is 4.87. The maximum Gasteiger partial charge on any atom is 0.352 e. The van der Waals surface area contributed by atoms with Crippen LogP contribution in [0.15, 0.2) is 48.2 Å². The minimum Gasteiger partial charge on any atom is -0.477 e. The summed E-state index contributed by atoms with van der Waals surface area (Å²) in [5.41, 5.74) is 1.22. The van der Waals surface area contributed by atoms with E-state index in [2.05, 4.69) is 5.32 Å². The van der Waals surface area contributed by atoms with Crippen molar-refractivity contribution in [3.8, 4) is 0 Å². The first kappa shape index (κ1) is 13.7. The van der Waals surface area contributed by atoms with E-state index in [1.807, 2.05) is 13.0 Å². The standard InChI is InChI=1S/C14H15NO3/c1-3-4-8-12(14(17)18)15-13(16)11-7-5-6-10(2)9-11/h3-9H,1-2H3,(H,15,16)(H,17,18)/b4-3+,12-8-. The van der Waals surface area contributed by atoms with Gasteiger partial charge in [0.25, 0.3) is 5.91 Å². The molecule has 0 saturated carbocycles. The van der Waals surface area contributed by atoms with Gasteiger partial charge in [0, 0.05) is 5.56 Å². The molecule has 94 valence electrons. The van der Waals surface area contributed by atoms with Gasteiger partial charge in [-0.05, 0) is 32.1 Å². The number of carbonyl (C=O) groups excluding carboxylic acids is 1. The topological polar surface area (TPSA) is 66.4 Å². The quantitative estimate of drug-likeness (QED) is 0.631. The zero-order valence-electron chi connectivity index (χ0n) is 10.3. The van der Waals surface area contributed by atoms with Crippen LogP contribution in [0.25, 0.3) is 0 Å². The fraction of sp³-hybridized carbons (Fsp3) is 0.143. The lowest BCUT2D eigenvalue weighted by molar-refractivity contribution is -0.133. The highest BCUT2D eigenvalue weighted by atomic mass is 16.4. The normalized spacial score (nSPS) is 11.6. The Labute approximate surface area is 106 Å². The molecule has 1 aromatic rings. The number of aryl methyl sites for hydroxylation is 1. The number of nitrogens with one attached hydrogen (secondary N) is 1. The van der Waals surface area contributed by atoms with E-state index < -0.39 is 11.9 Å². The lowest BCUT2D eigenvalue weighted by Gasteiger charge is -2.05. The number of rotatable bonds is 4. The van der Waals surface area contributed by atoms with E-state index in [1.165, 1.54) is 6.08 Å². The smallest absolute Gasteiger partial charge is 0.352 e. The number of aliphatic carboxylic acids is 1. The van der Waals surface area contributed by atoms with Gasteiger partial charge in [-0.2, -0.15) is 0 Å². The van der Waals surface area contributed by atoms with Crippen LogP contribution in [0.5, 0.6) is 0 Å². The Morgan fingerprint density at radius 3 is 2.61 bits per heavy atom. The van der Waals surface area contributed by atoms with Crippen molar-refractivity contribution in [2.45, 2.75) is 13.8 Å². The summed E-state index contributed by atoms with van der Waals surface area (Å²) in [5, 5.41) is 11.3. The monoisotopic (exact) mass is 245 g/mol. The first-order chi connectivity index (χ1) is 8.54. The molecule has 0 aliphatic carbocycles. The van der Waals surface area contributed by atoms with Gasteiger partial charge in [-0.1, -0.05) is 29.8 Å². The van der Waals surface area contributed by atoms with Gasteiger partial charge in [0.05, 0.1) is 0 Å². The van der Waals surface area contributed by atoms with Gasteiger partial charge in [-0.3, -0.25) is 4.79 Å². The summed E-state index contributed by atoms with van der Waals surface area (Å²) in [4.78, 5) is 22.8. The Bertz CT molecular complexity index is 516. The zero-order valence-corrected chi connectivity index (χ0v) is 10.3. The van der Waals surface area contributed by atoms with Gasteiger partial charge in [-0.25, -0.2) is 4.79 Å². The summed E-state index contributed by atoms with van der Waals surface area (Å²) in [7, 11) is 0. The fourth-order valence-corrected chi connectivity index (χ4v) is 1.34. The number of amides is 1. The molecule has 1 amide bonds. The number of hydrogen-bond acceptors (Lipinski definition) is 2. The van der Waals surface area contributed by atoms with Crippen LogP contribution in [0.1, 0.15) is 22.8 Å². The molecule has 4 nitrogen and oxygen atoms in total. The van der Waals surface area contributed by atoms with Gasteiger partial charge in [0.1, 0.15) is 5.70 Å². The first-order valence-corrected chi connectivity index (χ1v) is 5.49. The Morgan fingerprint density at radius 2 is 2.06 bits per heavy atom. The largest absolute Gasteiger partial charge is 0.477 e. The van der Waals surface area contributed by atoms with Crippen molar-refractivity contribution in [3.63, 3.8) is 0 Å². The highest BCUT2D eigenvalue weighted by molar-refractivity contribution is 6.00. The van der Waals surface area contributed by atoms with Crippen molar-refractivity contribution in [3.05, 3.63) is 59.3 Å². The third-order valence-corrected chi connectivity index (χ3v) is 2.21. The van der Waals surface area contributed by atoms with E-state index in [9.17, 15) is 9.59 Å². The van der Waals surface area contributed by atoms with Crippen LogP contribution in [-0.4, -0.2) is 17.0 Å². The number of hydrogen-bond donors (Lipinski definition) is 2. The molecule has 1 rings (SSSR count). The van der Waals surface area contributed by atoms with Crippen LogP contribution in [-0.2, 0) is 4.79 Å². The molecule has 0 heterocycles. The average Bonchev–Trinajstić information content (AvgIpc) is 2.33. The van der Waals surface area contributed by atoms with E-state index in [0.29, 0.717) is 5.56 Å². The van der Waals surface area contributed by atoms with Crippen molar-refractivity contribution >= 4 is 11.9 Å². The third-order valence-electron chi connectivity index (χ3n) is 2.21. The summed E-state index contributed by atoms with van der Waals surface area (Å²) in [6, 6.07) is 6.95. The van der Waals surface area contributed by atoms with Crippen LogP contribution in [0.3, 0.4) is 0 Å². The number of carboxylic acid groups (broad SMARTS) is 1. The van der Waals surface area contributed by atoms with E-state index in [1.54, 1.807) is 37.3 Å². The van der Waals surface area contributed by atoms with Crippen LogP contribution in [0, 0.1) is 6.92 Å². The third kappa shape index (κ3) is 3.90. The molecule has 18 heavy (non-hydrogen) atoms.